The van der Waals surface area contributed by atoms with Crippen molar-refractivity contribution in [1.29, 1.82) is 0 Å². The quantitative estimate of drug-likeness (QED) is 0.692. The van der Waals surface area contributed by atoms with Crippen molar-refractivity contribution in [3.63, 3.8) is 0 Å². The van der Waals surface area contributed by atoms with Crippen LogP contribution in [0.5, 0.6) is 0 Å². The van der Waals surface area contributed by atoms with E-state index in [2.05, 4.69) is 10.3 Å². The number of amides is 1. The number of rotatable bonds is 6. The lowest BCUT2D eigenvalue weighted by atomic mass is 10.2. The van der Waals surface area contributed by atoms with Crippen LogP contribution in [0.1, 0.15) is 18.4 Å². The van der Waals surface area contributed by atoms with Crippen LogP contribution in [0.3, 0.4) is 0 Å². The molecule has 0 bridgehead atoms. The number of methoxy groups -OCH3 is 1. The lowest BCUT2D eigenvalue weighted by Crippen LogP contribution is -2.40. The van der Waals surface area contributed by atoms with Gasteiger partial charge in [0.2, 0.25) is 5.91 Å². The summed E-state index contributed by atoms with van der Waals surface area (Å²) in [7, 11) is 1.49. The maximum atomic E-state index is 12.7. The molecule has 0 spiro atoms. The Kier molecular flexibility index (Phi) is 10.7. The van der Waals surface area contributed by atoms with E-state index in [0.29, 0.717) is 19.5 Å². The molecule has 1 aliphatic heterocycles. The zero-order valence-corrected chi connectivity index (χ0v) is 16.9. The van der Waals surface area contributed by atoms with E-state index in [0.717, 1.165) is 12.3 Å². The summed E-state index contributed by atoms with van der Waals surface area (Å²) in [6, 6.07) is 0.725. The van der Waals surface area contributed by atoms with Crippen LogP contribution in [0.2, 0.25) is 5.02 Å². The van der Waals surface area contributed by atoms with Crippen molar-refractivity contribution in [1.82, 2.24) is 10.3 Å². The molecule has 2 unspecified atom stereocenters. The molecule has 2 atom stereocenters. The molecule has 6 nitrogen and oxygen atoms in total. The predicted molar refractivity (Wildman–Crippen MR) is 102 cm³/mol. The number of alkyl halides is 3. The summed E-state index contributed by atoms with van der Waals surface area (Å²) in [6.45, 7) is 1.20. The highest BCUT2D eigenvalue weighted by atomic mass is 35.5. The van der Waals surface area contributed by atoms with Gasteiger partial charge in [-0.1, -0.05) is 11.6 Å². The second kappa shape index (κ2) is 11.1. The average Bonchev–Trinajstić information content (AvgIpc) is 2.99. The number of carbonyl (C=O) groups is 1. The third-order valence-corrected chi connectivity index (χ3v) is 4.29. The second-order valence-corrected chi connectivity index (χ2v) is 6.23. The summed E-state index contributed by atoms with van der Waals surface area (Å²) >= 11 is 5.95. The SMILES string of the molecule is COC(CN)CC(=O)NC1CCN(c2ncc(C(F)(F)F)cc2Cl)C1.Cl.Cl. The molecule has 1 aliphatic rings. The Labute approximate surface area is 172 Å². The van der Waals surface area contributed by atoms with Crippen molar-refractivity contribution in [2.75, 3.05) is 31.6 Å². The molecular weight excluding hydrogens is 432 g/mol. The van der Waals surface area contributed by atoms with Crippen LogP contribution >= 0.6 is 36.4 Å². The molecule has 0 aromatic carbocycles. The Morgan fingerprint density at radius 1 is 1.52 bits per heavy atom. The minimum atomic E-state index is -4.49. The summed E-state index contributed by atoms with van der Waals surface area (Å²) in [5, 5.41) is 2.80. The van der Waals surface area contributed by atoms with Crippen molar-refractivity contribution in [2.24, 2.45) is 5.73 Å². The average molecular weight is 454 g/mol. The lowest BCUT2D eigenvalue weighted by Gasteiger charge is -2.20. The highest BCUT2D eigenvalue weighted by Crippen LogP contribution is 2.34. The molecule has 1 fully saturated rings. The van der Waals surface area contributed by atoms with Crippen LogP contribution in [0, 0.1) is 0 Å². The first-order valence-electron chi connectivity index (χ1n) is 7.74. The summed E-state index contributed by atoms with van der Waals surface area (Å²) in [6.07, 6.45) is -3.27. The Bertz CT molecular complexity index is 618. The third-order valence-electron chi connectivity index (χ3n) is 4.01. The Morgan fingerprint density at radius 2 is 2.19 bits per heavy atom. The van der Waals surface area contributed by atoms with Crippen LogP contribution in [0.15, 0.2) is 12.3 Å². The largest absolute Gasteiger partial charge is 0.417 e. The standard InChI is InChI=1S/C15H20ClF3N4O2.2ClH/c1-25-11(6-20)5-13(24)22-10-2-3-23(8-10)14-12(16)4-9(7-21-14)15(17,18)19;;/h4,7,10-11H,2-3,5-6,8,20H2,1H3,(H,22,24);2*1H. The molecule has 12 heteroatoms. The zero-order chi connectivity index (χ0) is 18.6. The summed E-state index contributed by atoms with van der Waals surface area (Å²) in [5.41, 5.74) is 4.59. The van der Waals surface area contributed by atoms with Crippen molar-refractivity contribution < 1.29 is 22.7 Å². The molecule has 2 heterocycles. The number of ether oxygens (including phenoxy) is 1. The summed E-state index contributed by atoms with van der Waals surface area (Å²) in [5.74, 6) is 0.0961. The molecule has 1 saturated heterocycles. The van der Waals surface area contributed by atoms with Crippen LogP contribution in [-0.2, 0) is 15.7 Å². The van der Waals surface area contributed by atoms with Gasteiger partial charge in [-0.3, -0.25) is 4.79 Å². The molecule has 1 amide bonds. The first-order chi connectivity index (χ1) is 11.7. The maximum absolute atomic E-state index is 12.7. The fourth-order valence-corrected chi connectivity index (χ4v) is 2.93. The highest BCUT2D eigenvalue weighted by Gasteiger charge is 2.33. The predicted octanol–water partition coefficient (Wildman–Crippen LogP) is 2.66. The number of halogens is 6. The maximum Gasteiger partial charge on any atom is 0.417 e. The number of aromatic nitrogens is 1. The van der Waals surface area contributed by atoms with Crippen molar-refractivity contribution >= 4 is 48.1 Å². The van der Waals surface area contributed by atoms with E-state index in [1.54, 1.807) is 4.90 Å². The number of anilines is 1. The van der Waals surface area contributed by atoms with E-state index in [1.165, 1.54) is 7.11 Å². The smallest absolute Gasteiger partial charge is 0.380 e. The van der Waals surface area contributed by atoms with E-state index in [9.17, 15) is 18.0 Å². The van der Waals surface area contributed by atoms with Gasteiger partial charge in [-0.2, -0.15) is 13.2 Å². The van der Waals surface area contributed by atoms with Crippen molar-refractivity contribution in [3.05, 3.63) is 22.8 Å². The number of hydrogen-bond donors (Lipinski definition) is 2. The highest BCUT2D eigenvalue weighted by molar-refractivity contribution is 6.33. The molecule has 156 valence electrons. The van der Waals surface area contributed by atoms with Gasteiger partial charge >= 0.3 is 6.18 Å². The first kappa shape index (κ1) is 26.0. The number of hydrogen-bond acceptors (Lipinski definition) is 5. The van der Waals surface area contributed by atoms with Gasteiger partial charge in [-0.25, -0.2) is 4.98 Å². The van der Waals surface area contributed by atoms with Crippen LogP contribution in [0.25, 0.3) is 0 Å². The van der Waals surface area contributed by atoms with Gasteiger partial charge in [0.05, 0.1) is 23.1 Å². The zero-order valence-electron chi connectivity index (χ0n) is 14.5. The minimum absolute atomic E-state index is 0. The Balaban J connectivity index is 0.00000338. The van der Waals surface area contributed by atoms with E-state index in [4.69, 9.17) is 22.1 Å². The first-order valence-corrected chi connectivity index (χ1v) is 8.12. The molecule has 0 aliphatic carbocycles. The molecule has 1 aromatic rings. The van der Waals surface area contributed by atoms with E-state index >= 15 is 0 Å². The normalized spacial score (nSPS) is 17.7. The van der Waals surface area contributed by atoms with Gasteiger partial charge in [-0.15, -0.1) is 24.8 Å². The molecule has 0 saturated carbocycles. The van der Waals surface area contributed by atoms with Crippen molar-refractivity contribution in [2.45, 2.75) is 31.2 Å². The number of carbonyl (C=O) groups excluding carboxylic acids is 1. The number of pyridine rings is 1. The molecule has 27 heavy (non-hydrogen) atoms. The van der Waals surface area contributed by atoms with Gasteiger partial charge in [-0.05, 0) is 12.5 Å². The summed E-state index contributed by atoms with van der Waals surface area (Å²) in [4.78, 5) is 17.6. The van der Waals surface area contributed by atoms with Gasteiger partial charge < -0.3 is 20.7 Å². The van der Waals surface area contributed by atoms with Gasteiger partial charge in [0, 0.05) is 39.0 Å². The molecule has 3 N–H and O–H groups in total. The minimum Gasteiger partial charge on any atom is -0.380 e. The second-order valence-electron chi connectivity index (χ2n) is 5.82. The number of nitrogens with two attached hydrogens (primary N) is 1. The lowest BCUT2D eigenvalue weighted by molar-refractivity contribution is -0.137. The third kappa shape index (κ3) is 7.15. The molecule has 0 radical (unpaired) electrons. The number of nitrogens with one attached hydrogen (secondary N) is 1. The van der Waals surface area contributed by atoms with Crippen LogP contribution in [-0.4, -0.2) is 49.8 Å². The number of nitrogens with zero attached hydrogens (tertiary/aromatic N) is 2. The fraction of sp³-hybridized carbons (Fsp3) is 0.600. The topological polar surface area (TPSA) is 80.5 Å². The van der Waals surface area contributed by atoms with Gasteiger partial charge in [0.1, 0.15) is 5.82 Å². The molecular formula is C15H22Cl3F3N4O2. The van der Waals surface area contributed by atoms with Crippen LogP contribution < -0.4 is 16.0 Å². The molecule has 2 rings (SSSR count). The monoisotopic (exact) mass is 452 g/mol. The Morgan fingerprint density at radius 3 is 2.70 bits per heavy atom. The van der Waals surface area contributed by atoms with Gasteiger partial charge in [0.25, 0.3) is 0 Å². The van der Waals surface area contributed by atoms with Crippen LogP contribution in [0.4, 0.5) is 19.0 Å². The van der Waals surface area contributed by atoms with E-state index in [1.807, 2.05) is 0 Å². The Hall–Kier alpha value is -1.00. The summed E-state index contributed by atoms with van der Waals surface area (Å²) < 4.78 is 43.1. The van der Waals surface area contributed by atoms with Crippen molar-refractivity contribution in [3.8, 4) is 0 Å². The molecule has 1 aromatic heterocycles. The fourth-order valence-electron chi connectivity index (χ4n) is 2.65. The van der Waals surface area contributed by atoms with E-state index < -0.39 is 11.7 Å². The van der Waals surface area contributed by atoms with E-state index in [-0.39, 0.29) is 66.7 Å². The van der Waals surface area contributed by atoms with Gasteiger partial charge in [0.15, 0.2) is 0 Å².